The normalized spacial score (nSPS) is 23.0. The Balaban J connectivity index is 2.40. The summed E-state index contributed by atoms with van der Waals surface area (Å²) in [5, 5.41) is 0. The van der Waals surface area contributed by atoms with Gasteiger partial charge in [-0.05, 0) is 0 Å². The molecule has 0 radical (unpaired) electrons. The van der Waals surface area contributed by atoms with E-state index in [1.165, 1.54) is 0 Å². The summed E-state index contributed by atoms with van der Waals surface area (Å²) < 4.78 is 9.67. The SMILES string of the molecule is COCCN1C(=O)OCC1CN. The van der Waals surface area contributed by atoms with Gasteiger partial charge in [0, 0.05) is 20.2 Å². The zero-order valence-corrected chi connectivity index (χ0v) is 7.16. The smallest absolute Gasteiger partial charge is 0.410 e. The van der Waals surface area contributed by atoms with E-state index >= 15 is 0 Å². The average Bonchev–Trinajstić information content (AvgIpc) is 2.43. The number of amides is 1. The van der Waals surface area contributed by atoms with Gasteiger partial charge in [0.15, 0.2) is 0 Å². The van der Waals surface area contributed by atoms with E-state index in [0.29, 0.717) is 26.3 Å². The van der Waals surface area contributed by atoms with E-state index in [1.54, 1.807) is 12.0 Å². The van der Waals surface area contributed by atoms with Gasteiger partial charge in [-0.3, -0.25) is 4.90 Å². The molecule has 0 aromatic carbocycles. The summed E-state index contributed by atoms with van der Waals surface area (Å²) in [5.41, 5.74) is 5.44. The zero-order chi connectivity index (χ0) is 8.97. The lowest BCUT2D eigenvalue weighted by atomic mass is 10.3. The number of hydrogen-bond acceptors (Lipinski definition) is 4. The third kappa shape index (κ3) is 1.86. The predicted octanol–water partition coefficient (Wildman–Crippen LogP) is -0.588. The van der Waals surface area contributed by atoms with E-state index in [-0.39, 0.29) is 12.1 Å². The third-order valence-electron chi connectivity index (χ3n) is 1.88. The molecule has 70 valence electrons. The fraction of sp³-hybridized carbons (Fsp3) is 0.857. The quantitative estimate of drug-likeness (QED) is 0.619. The van der Waals surface area contributed by atoms with Crippen LogP contribution in [0.2, 0.25) is 0 Å². The number of nitrogens with two attached hydrogens (primary N) is 1. The summed E-state index contributed by atoms with van der Waals surface area (Å²) in [4.78, 5) is 12.6. The zero-order valence-electron chi connectivity index (χ0n) is 7.16. The topological polar surface area (TPSA) is 64.8 Å². The minimum absolute atomic E-state index is 0.0210. The Morgan fingerprint density at radius 3 is 3.17 bits per heavy atom. The molecule has 1 aliphatic rings. The number of hydrogen-bond donors (Lipinski definition) is 1. The summed E-state index contributed by atoms with van der Waals surface area (Å²) in [6.07, 6.45) is -0.289. The number of ether oxygens (including phenoxy) is 2. The average molecular weight is 174 g/mol. The van der Waals surface area contributed by atoms with Crippen LogP contribution in [0, 0.1) is 0 Å². The summed E-state index contributed by atoms with van der Waals surface area (Å²) in [6, 6.07) is 0.0210. The molecule has 5 heteroatoms. The first-order chi connectivity index (χ1) is 5.79. The molecule has 1 heterocycles. The Bertz CT molecular complexity index is 163. The van der Waals surface area contributed by atoms with Gasteiger partial charge < -0.3 is 15.2 Å². The van der Waals surface area contributed by atoms with Gasteiger partial charge in [0.25, 0.3) is 0 Å². The van der Waals surface area contributed by atoms with E-state index in [9.17, 15) is 4.79 Å². The lowest BCUT2D eigenvalue weighted by molar-refractivity contribution is 0.134. The Morgan fingerprint density at radius 1 is 1.83 bits per heavy atom. The van der Waals surface area contributed by atoms with Crippen molar-refractivity contribution in [1.29, 1.82) is 0 Å². The van der Waals surface area contributed by atoms with E-state index in [1.807, 2.05) is 0 Å². The maximum absolute atomic E-state index is 11.0. The third-order valence-corrected chi connectivity index (χ3v) is 1.88. The van der Waals surface area contributed by atoms with Crippen LogP contribution in [0.3, 0.4) is 0 Å². The largest absolute Gasteiger partial charge is 0.447 e. The van der Waals surface area contributed by atoms with E-state index in [4.69, 9.17) is 15.2 Å². The highest BCUT2D eigenvalue weighted by atomic mass is 16.6. The Hall–Kier alpha value is -0.810. The molecule has 1 saturated heterocycles. The van der Waals surface area contributed by atoms with Crippen molar-refractivity contribution in [2.24, 2.45) is 5.73 Å². The Labute approximate surface area is 71.4 Å². The van der Waals surface area contributed by atoms with Gasteiger partial charge in [0.05, 0.1) is 12.6 Å². The van der Waals surface area contributed by atoms with Crippen LogP contribution >= 0.6 is 0 Å². The highest BCUT2D eigenvalue weighted by molar-refractivity contribution is 5.70. The van der Waals surface area contributed by atoms with Crippen molar-refractivity contribution >= 4 is 6.09 Å². The molecule has 0 saturated carbocycles. The van der Waals surface area contributed by atoms with Crippen LogP contribution in [0.5, 0.6) is 0 Å². The van der Waals surface area contributed by atoms with Gasteiger partial charge in [-0.15, -0.1) is 0 Å². The molecular formula is C7H14N2O3. The van der Waals surface area contributed by atoms with Crippen LogP contribution in [0.4, 0.5) is 4.79 Å². The van der Waals surface area contributed by atoms with Crippen molar-refractivity contribution in [2.45, 2.75) is 6.04 Å². The molecule has 1 atom stereocenters. The van der Waals surface area contributed by atoms with E-state index < -0.39 is 0 Å². The van der Waals surface area contributed by atoms with Crippen LogP contribution in [-0.2, 0) is 9.47 Å². The van der Waals surface area contributed by atoms with Gasteiger partial charge in [0.2, 0.25) is 0 Å². The summed E-state index contributed by atoms with van der Waals surface area (Å²) in [5.74, 6) is 0. The molecule has 12 heavy (non-hydrogen) atoms. The van der Waals surface area contributed by atoms with Crippen molar-refractivity contribution < 1.29 is 14.3 Å². The molecular weight excluding hydrogens is 160 g/mol. The van der Waals surface area contributed by atoms with Gasteiger partial charge in [-0.1, -0.05) is 0 Å². The van der Waals surface area contributed by atoms with Gasteiger partial charge in [-0.25, -0.2) is 4.79 Å². The molecule has 0 spiro atoms. The Kier molecular flexibility index (Phi) is 3.31. The number of nitrogens with zero attached hydrogens (tertiary/aromatic N) is 1. The van der Waals surface area contributed by atoms with Crippen LogP contribution in [0.25, 0.3) is 0 Å². The molecule has 1 rings (SSSR count). The van der Waals surface area contributed by atoms with Crippen LogP contribution in [-0.4, -0.2) is 50.4 Å². The van der Waals surface area contributed by atoms with E-state index in [0.717, 1.165) is 0 Å². The summed E-state index contributed by atoms with van der Waals surface area (Å²) in [6.45, 7) is 1.91. The summed E-state index contributed by atoms with van der Waals surface area (Å²) >= 11 is 0. The van der Waals surface area contributed by atoms with Gasteiger partial charge in [0.1, 0.15) is 6.61 Å². The standard InChI is InChI=1S/C7H14N2O3/c1-11-3-2-9-6(4-8)5-12-7(9)10/h6H,2-5,8H2,1H3. The van der Waals surface area contributed by atoms with Gasteiger partial charge in [-0.2, -0.15) is 0 Å². The second-order valence-corrected chi connectivity index (χ2v) is 2.65. The number of methoxy groups -OCH3 is 1. The second kappa shape index (κ2) is 4.27. The van der Waals surface area contributed by atoms with Crippen molar-refractivity contribution in [2.75, 3.05) is 33.4 Å². The number of carbonyl (C=O) groups excluding carboxylic acids is 1. The van der Waals surface area contributed by atoms with Crippen molar-refractivity contribution in [3.8, 4) is 0 Å². The van der Waals surface area contributed by atoms with Crippen LogP contribution in [0.15, 0.2) is 0 Å². The second-order valence-electron chi connectivity index (χ2n) is 2.65. The van der Waals surface area contributed by atoms with Gasteiger partial charge >= 0.3 is 6.09 Å². The molecule has 1 unspecified atom stereocenters. The monoisotopic (exact) mass is 174 g/mol. The molecule has 1 amide bonds. The van der Waals surface area contributed by atoms with E-state index in [2.05, 4.69) is 0 Å². The number of cyclic esters (lactones) is 1. The molecule has 1 fully saturated rings. The lowest BCUT2D eigenvalue weighted by Crippen LogP contribution is -2.40. The molecule has 0 aliphatic carbocycles. The van der Waals surface area contributed by atoms with Crippen molar-refractivity contribution in [3.05, 3.63) is 0 Å². The minimum Gasteiger partial charge on any atom is -0.447 e. The van der Waals surface area contributed by atoms with Crippen LogP contribution < -0.4 is 5.73 Å². The fourth-order valence-corrected chi connectivity index (χ4v) is 1.15. The highest BCUT2D eigenvalue weighted by Gasteiger charge is 2.30. The lowest BCUT2D eigenvalue weighted by Gasteiger charge is -2.18. The van der Waals surface area contributed by atoms with Crippen LogP contribution in [0.1, 0.15) is 0 Å². The fourth-order valence-electron chi connectivity index (χ4n) is 1.15. The van der Waals surface area contributed by atoms with Crippen molar-refractivity contribution in [3.63, 3.8) is 0 Å². The molecule has 5 nitrogen and oxygen atoms in total. The Morgan fingerprint density at radius 2 is 2.58 bits per heavy atom. The first-order valence-electron chi connectivity index (χ1n) is 3.92. The molecule has 0 bridgehead atoms. The van der Waals surface area contributed by atoms with Crippen molar-refractivity contribution in [1.82, 2.24) is 4.90 Å². The molecule has 2 N–H and O–H groups in total. The number of rotatable bonds is 4. The molecule has 1 aliphatic heterocycles. The maximum atomic E-state index is 11.0. The first kappa shape index (κ1) is 9.28. The number of carbonyl (C=O) groups is 1. The summed E-state index contributed by atoms with van der Waals surface area (Å²) in [7, 11) is 1.60. The maximum Gasteiger partial charge on any atom is 0.410 e. The highest BCUT2D eigenvalue weighted by Crippen LogP contribution is 2.10. The predicted molar refractivity (Wildman–Crippen MR) is 42.8 cm³/mol. The molecule has 0 aromatic rings. The minimum atomic E-state index is -0.289. The molecule has 0 aromatic heterocycles. The first-order valence-corrected chi connectivity index (χ1v) is 3.92.